The molecule has 0 saturated carbocycles. The largest absolute Gasteiger partial charge is 0.390 e. The van der Waals surface area contributed by atoms with E-state index in [2.05, 4.69) is 20.1 Å². The zero-order chi connectivity index (χ0) is 28.0. The number of ether oxygens (including phenoxy) is 1. The number of carbonyl (C=O) groups excluding carboxylic acids is 1. The third kappa shape index (κ3) is 4.95. The molecule has 0 aliphatic carbocycles. The summed E-state index contributed by atoms with van der Waals surface area (Å²) in [5.41, 5.74) is 2.88. The van der Waals surface area contributed by atoms with Crippen LogP contribution in [0.1, 0.15) is 42.9 Å². The number of halogens is 1. The molecule has 4 aromatic rings. The van der Waals surface area contributed by atoms with Crippen molar-refractivity contribution < 1.29 is 19.0 Å². The summed E-state index contributed by atoms with van der Waals surface area (Å²) in [4.78, 5) is 29.2. The van der Waals surface area contributed by atoms with Crippen molar-refractivity contribution in [3.63, 3.8) is 0 Å². The van der Waals surface area contributed by atoms with Gasteiger partial charge in [0.25, 0.3) is 5.91 Å². The maximum absolute atomic E-state index is 16.3. The number of nitrogens with one attached hydrogen (secondary N) is 1. The number of piperidine rings is 1. The van der Waals surface area contributed by atoms with E-state index in [1.807, 2.05) is 56.0 Å². The van der Waals surface area contributed by atoms with Crippen LogP contribution in [0, 0.1) is 18.7 Å². The fourth-order valence-corrected chi connectivity index (χ4v) is 5.65. The monoisotopic (exact) mass is 547 g/mol. The van der Waals surface area contributed by atoms with Crippen LogP contribution in [0.3, 0.4) is 0 Å². The summed E-state index contributed by atoms with van der Waals surface area (Å²) in [6, 6.07) is 9.78. The van der Waals surface area contributed by atoms with Gasteiger partial charge in [0.1, 0.15) is 11.2 Å². The van der Waals surface area contributed by atoms with Gasteiger partial charge in [-0.05, 0) is 51.7 Å². The van der Waals surface area contributed by atoms with Gasteiger partial charge in [-0.3, -0.25) is 4.79 Å². The van der Waals surface area contributed by atoms with Crippen LogP contribution < -0.4 is 4.90 Å². The van der Waals surface area contributed by atoms with Crippen molar-refractivity contribution in [2.24, 2.45) is 5.92 Å². The van der Waals surface area contributed by atoms with Gasteiger partial charge in [-0.15, -0.1) is 0 Å². The minimum atomic E-state index is -0.787. The lowest BCUT2D eigenvalue weighted by Crippen LogP contribution is -2.44. The predicted octanol–water partition coefficient (Wildman–Crippen LogP) is 3.72. The van der Waals surface area contributed by atoms with E-state index < -0.39 is 11.4 Å². The Kier molecular flexibility index (Phi) is 6.79. The van der Waals surface area contributed by atoms with Crippen LogP contribution in [0.5, 0.6) is 0 Å². The van der Waals surface area contributed by atoms with Gasteiger partial charge >= 0.3 is 0 Å². The summed E-state index contributed by atoms with van der Waals surface area (Å²) in [5.74, 6) is -0.539. The van der Waals surface area contributed by atoms with Gasteiger partial charge < -0.3 is 24.6 Å². The van der Waals surface area contributed by atoms with Crippen molar-refractivity contribution in [2.45, 2.75) is 39.2 Å². The number of likely N-dealkylation sites (tertiary alicyclic amines) is 1. The number of amides is 1. The number of nitrogens with zero attached hydrogens (tertiary/aromatic N) is 6. The predicted molar refractivity (Wildman–Crippen MR) is 149 cm³/mol. The highest BCUT2D eigenvalue weighted by atomic mass is 19.1. The molecule has 3 aromatic heterocycles. The lowest BCUT2D eigenvalue weighted by Gasteiger charge is -2.37. The summed E-state index contributed by atoms with van der Waals surface area (Å²) < 4.78 is 23.2. The highest BCUT2D eigenvalue weighted by Crippen LogP contribution is 2.33. The second-order valence-electron chi connectivity index (χ2n) is 11.2. The van der Waals surface area contributed by atoms with Crippen molar-refractivity contribution in [2.75, 3.05) is 44.3 Å². The SMILES string of the molecule is Cc1cccc(-c2ccn(-c3nc4nc(C(=O)N5CCC(C(C)(C)O)CC5)[nH]c4c(N4CCOCC4)c3F)n2)c1. The molecule has 210 valence electrons. The Balaban J connectivity index is 1.38. The summed E-state index contributed by atoms with van der Waals surface area (Å²) in [7, 11) is 0. The van der Waals surface area contributed by atoms with Gasteiger partial charge in [-0.2, -0.15) is 5.10 Å². The maximum atomic E-state index is 16.3. The molecule has 0 spiro atoms. The number of pyridine rings is 1. The number of morpholine rings is 1. The molecule has 10 nitrogen and oxygen atoms in total. The topological polar surface area (TPSA) is 112 Å². The van der Waals surface area contributed by atoms with Gasteiger partial charge in [0.2, 0.25) is 0 Å². The fraction of sp³-hybridized carbons (Fsp3) is 0.448. The van der Waals surface area contributed by atoms with Crippen LogP contribution in [0.2, 0.25) is 0 Å². The lowest BCUT2D eigenvalue weighted by molar-refractivity contribution is -0.0109. The van der Waals surface area contributed by atoms with Crippen molar-refractivity contribution in [1.29, 1.82) is 0 Å². The molecule has 40 heavy (non-hydrogen) atoms. The molecular formula is C29H34FN7O3. The van der Waals surface area contributed by atoms with E-state index >= 15 is 4.39 Å². The standard InChI is InChI=1S/C29H34FN7O3/c1-18-5-4-6-19(17-18)21-9-12-37(34-21)27-22(30)24(35-13-15-40-16-14-35)23-25(33-27)32-26(31-23)28(38)36-10-7-20(8-11-36)29(2,3)39/h4-6,9,12,17,20,39H,7-8,10-11,13-16H2,1-3H3,(H,31,32,33). The second-order valence-corrected chi connectivity index (χ2v) is 11.2. The minimum absolute atomic E-state index is 0.0179. The molecule has 1 aromatic carbocycles. The number of aromatic nitrogens is 5. The molecule has 2 aliphatic rings. The molecule has 1 amide bonds. The van der Waals surface area contributed by atoms with Crippen LogP contribution in [0.4, 0.5) is 10.1 Å². The first-order valence-electron chi connectivity index (χ1n) is 13.8. The molecule has 0 atom stereocenters. The zero-order valence-electron chi connectivity index (χ0n) is 23.0. The highest BCUT2D eigenvalue weighted by molar-refractivity contribution is 5.97. The van der Waals surface area contributed by atoms with Gasteiger partial charge in [0.05, 0.1) is 24.5 Å². The first-order chi connectivity index (χ1) is 19.2. The van der Waals surface area contributed by atoms with E-state index in [9.17, 15) is 9.90 Å². The molecule has 2 saturated heterocycles. The van der Waals surface area contributed by atoms with Crippen molar-refractivity contribution in [3.8, 4) is 17.1 Å². The number of rotatable bonds is 5. The molecular weight excluding hydrogens is 513 g/mol. The smallest absolute Gasteiger partial charge is 0.289 e. The highest BCUT2D eigenvalue weighted by Gasteiger charge is 2.34. The molecule has 2 aliphatic heterocycles. The second kappa shape index (κ2) is 10.3. The molecule has 2 fully saturated rings. The van der Waals surface area contributed by atoms with Gasteiger partial charge in [-0.1, -0.05) is 23.8 Å². The molecule has 6 rings (SSSR count). The van der Waals surface area contributed by atoms with E-state index in [-0.39, 0.29) is 29.1 Å². The number of aryl methyl sites for hydroxylation is 1. The molecule has 0 radical (unpaired) electrons. The van der Waals surface area contributed by atoms with E-state index in [1.54, 1.807) is 11.1 Å². The van der Waals surface area contributed by atoms with Crippen LogP contribution in [0.25, 0.3) is 28.2 Å². The molecule has 11 heteroatoms. The van der Waals surface area contributed by atoms with Crippen LogP contribution in [-0.2, 0) is 4.74 Å². The quantitative estimate of drug-likeness (QED) is 0.392. The van der Waals surface area contributed by atoms with Crippen molar-refractivity contribution in [1.82, 2.24) is 29.6 Å². The number of aliphatic hydroxyl groups is 1. The normalized spacial score (nSPS) is 17.1. The number of aromatic amines is 1. The summed E-state index contributed by atoms with van der Waals surface area (Å²) in [6.07, 6.45) is 3.09. The number of H-pyrrole nitrogens is 1. The molecule has 2 N–H and O–H groups in total. The summed E-state index contributed by atoms with van der Waals surface area (Å²) >= 11 is 0. The fourth-order valence-electron chi connectivity index (χ4n) is 5.65. The summed E-state index contributed by atoms with van der Waals surface area (Å²) in [5, 5.41) is 15.0. The Morgan fingerprint density at radius 2 is 1.88 bits per heavy atom. The van der Waals surface area contributed by atoms with Crippen LogP contribution in [-0.4, -0.2) is 85.6 Å². The Morgan fingerprint density at radius 3 is 2.58 bits per heavy atom. The molecule has 0 bridgehead atoms. The first-order valence-corrected chi connectivity index (χ1v) is 13.8. The number of benzene rings is 1. The lowest BCUT2D eigenvalue weighted by atomic mass is 9.83. The van der Waals surface area contributed by atoms with E-state index in [0.29, 0.717) is 69.1 Å². The number of hydrogen-bond donors (Lipinski definition) is 2. The van der Waals surface area contributed by atoms with Crippen molar-refractivity contribution >= 4 is 22.8 Å². The Bertz CT molecular complexity index is 1540. The van der Waals surface area contributed by atoms with E-state index in [0.717, 1.165) is 11.1 Å². The Labute approximate surface area is 231 Å². The minimum Gasteiger partial charge on any atom is -0.390 e. The number of fused-ring (bicyclic) bond motifs is 1. The molecule has 5 heterocycles. The Hall–Kier alpha value is -3.83. The van der Waals surface area contributed by atoms with Gasteiger partial charge in [0.15, 0.2) is 23.1 Å². The third-order valence-electron chi connectivity index (χ3n) is 7.97. The Morgan fingerprint density at radius 1 is 1.12 bits per heavy atom. The average molecular weight is 548 g/mol. The van der Waals surface area contributed by atoms with E-state index in [1.165, 1.54) is 4.68 Å². The zero-order valence-corrected chi connectivity index (χ0v) is 23.0. The number of carbonyl (C=O) groups is 1. The van der Waals surface area contributed by atoms with Gasteiger partial charge in [-0.25, -0.2) is 19.0 Å². The first kappa shape index (κ1) is 26.4. The number of imidazole rings is 1. The number of hydrogen-bond acceptors (Lipinski definition) is 7. The van der Waals surface area contributed by atoms with E-state index in [4.69, 9.17) is 4.74 Å². The van der Waals surface area contributed by atoms with Gasteiger partial charge in [0, 0.05) is 37.9 Å². The average Bonchev–Trinajstić information content (AvgIpc) is 3.60. The van der Waals surface area contributed by atoms with Crippen molar-refractivity contribution in [3.05, 3.63) is 53.7 Å². The summed E-state index contributed by atoms with van der Waals surface area (Å²) in [6.45, 7) is 8.58. The maximum Gasteiger partial charge on any atom is 0.289 e. The third-order valence-corrected chi connectivity index (χ3v) is 7.97. The van der Waals surface area contributed by atoms with Crippen LogP contribution >= 0.6 is 0 Å². The number of anilines is 1. The molecule has 0 unspecified atom stereocenters. The van der Waals surface area contributed by atoms with Crippen LogP contribution in [0.15, 0.2) is 36.5 Å².